The first kappa shape index (κ1) is 30.2. The first-order valence-corrected chi connectivity index (χ1v) is 13.5. The minimum Gasteiger partial charge on any atom is -0.382 e. The van der Waals surface area contributed by atoms with Crippen molar-refractivity contribution in [3.8, 4) is 11.8 Å². The fraction of sp³-hybridized carbons (Fsp3) is 0.161. The normalized spacial score (nSPS) is 10.4. The minimum absolute atomic E-state index is 0.0116. The number of benzene rings is 3. The fourth-order valence-electron chi connectivity index (χ4n) is 4.58. The van der Waals surface area contributed by atoms with Gasteiger partial charge in [0.2, 0.25) is 5.95 Å². The van der Waals surface area contributed by atoms with E-state index in [4.69, 9.17) is 32.7 Å². The van der Waals surface area contributed by atoms with Crippen molar-refractivity contribution in [1.82, 2.24) is 25.0 Å². The van der Waals surface area contributed by atoms with E-state index in [1.54, 1.807) is 28.2 Å². The highest BCUT2D eigenvalue weighted by Crippen LogP contribution is 2.20. The van der Waals surface area contributed by atoms with Crippen LogP contribution in [-0.2, 0) is 19.3 Å². The summed E-state index contributed by atoms with van der Waals surface area (Å²) in [5, 5.41) is 17.9. The second kappa shape index (κ2) is 13.7. The number of fused-ring (bicyclic) bond motifs is 1. The number of nitrogens with zero attached hydrogens (tertiary/aromatic N) is 5. The number of para-hydroxylation sites is 1. The lowest BCUT2D eigenvalue weighted by atomic mass is 10.00. The highest BCUT2D eigenvalue weighted by molar-refractivity contribution is 5.93. The summed E-state index contributed by atoms with van der Waals surface area (Å²) in [7, 11) is 0. The van der Waals surface area contributed by atoms with Gasteiger partial charge in [-0.15, -0.1) is 0 Å². The van der Waals surface area contributed by atoms with Gasteiger partial charge < -0.3 is 17.2 Å². The van der Waals surface area contributed by atoms with E-state index in [-0.39, 0.29) is 28.7 Å². The Morgan fingerprint density at radius 3 is 2.19 bits per heavy atom. The Labute approximate surface area is 247 Å². The SMILES string of the molecule is CCCc1nc2cccc(CCc3ccc(C(=O)NO)cc3)c2c(=O)n1-c1ccccc1.N#Cc1c(N)nc(N)nc1N. The second-order valence-corrected chi connectivity index (χ2v) is 9.54. The molecule has 0 unspecified atom stereocenters. The molecule has 1 amide bonds. The molecule has 2 aromatic heterocycles. The molecule has 2 heterocycles. The first-order chi connectivity index (χ1) is 20.8. The molecule has 3 aromatic carbocycles. The highest BCUT2D eigenvalue weighted by atomic mass is 16.5. The monoisotopic (exact) mass is 577 g/mol. The van der Waals surface area contributed by atoms with Crippen LogP contribution < -0.4 is 28.2 Å². The Morgan fingerprint density at radius 1 is 0.907 bits per heavy atom. The Hall–Kier alpha value is -5.80. The molecular formula is C31H31N9O3. The van der Waals surface area contributed by atoms with E-state index in [1.165, 1.54) is 0 Å². The maximum absolute atomic E-state index is 13.7. The maximum Gasteiger partial charge on any atom is 0.274 e. The van der Waals surface area contributed by atoms with E-state index in [0.29, 0.717) is 23.8 Å². The van der Waals surface area contributed by atoms with Crippen LogP contribution in [0.3, 0.4) is 0 Å². The van der Waals surface area contributed by atoms with Crippen molar-refractivity contribution >= 4 is 34.4 Å². The average Bonchev–Trinajstić information content (AvgIpc) is 3.00. The fourth-order valence-corrected chi connectivity index (χ4v) is 4.58. The quantitative estimate of drug-likeness (QED) is 0.141. The molecule has 43 heavy (non-hydrogen) atoms. The van der Waals surface area contributed by atoms with Crippen LogP contribution in [0, 0.1) is 11.3 Å². The Balaban J connectivity index is 0.000000324. The van der Waals surface area contributed by atoms with Gasteiger partial charge in [-0.3, -0.25) is 19.4 Å². The van der Waals surface area contributed by atoms with Crippen molar-refractivity contribution in [2.24, 2.45) is 0 Å². The number of carbonyl (C=O) groups excluding carboxylic acids is 1. The number of hydrogen-bond donors (Lipinski definition) is 5. The number of hydrogen-bond acceptors (Lipinski definition) is 10. The van der Waals surface area contributed by atoms with Crippen LogP contribution in [0.1, 0.15) is 46.2 Å². The lowest BCUT2D eigenvalue weighted by molar-refractivity contribution is 0.0706. The number of nitrogens with one attached hydrogen (secondary N) is 1. The van der Waals surface area contributed by atoms with Gasteiger partial charge in [-0.05, 0) is 60.7 Å². The van der Waals surface area contributed by atoms with Crippen molar-refractivity contribution in [3.63, 3.8) is 0 Å². The van der Waals surface area contributed by atoms with E-state index in [2.05, 4.69) is 16.9 Å². The number of amides is 1. The summed E-state index contributed by atoms with van der Waals surface area (Å²) in [6, 6.07) is 24.3. The molecule has 0 atom stereocenters. The van der Waals surface area contributed by atoms with E-state index >= 15 is 0 Å². The second-order valence-electron chi connectivity index (χ2n) is 9.54. The summed E-state index contributed by atoms with van der Waals surface area (Å²) in [5.41, 5.74) is 21.4. The molecule has 0 aliphatic rings. The summed E-state index contributed by atoms with van der Waals surface area (Å²) in [5.74, 6) is 0.223. The number of anilines is 3. The van der Waals surface area contributed by atoms with Gasteiger partial charge in [-0.25, -0.2) is 10.5 Å². The lowest BCUT2D eigenvalue weighted by Crippen LogP contribution is -2.25. The van der Waals surface area contributed by atoms with Crippen LogP contribution >= 0.6 is 0 Å². The predicted molar refractivity (Wildman–Crippen MR) is 164 cm³/mol. The smallest absolute Gasteiger partial charge is 0.274 e. The van der Waals surface area contributed by atoms with Crippen LogP contribution in [-0.4, -0.2) is 30.6 Å². The molecule has 0 bridgehead atoms. The Morgan fingerprint density at radius 2 is 1.58 bits per heavy atom. The highest BCUT2D eigenvalue weighted by Gasteiger charge is 2.15. The summed E-state index contributed by atoms with van der Waals surface area (Å²) in [6.45, 7) is 2.08. The third kappa shape index (κ3) is 6.92. The molecule has 12 heteroatoms. The van der Waals surface area contributed by atoms with Gasteiger partial charge >= 0.3 is 0 Å². The molecule has 5 rings (SSSR count). The topological polar surface area (TPSA) is 212 Å². The van der Waals surface area contributed by atoms with Crippen LogP contribution in [0.5, 0.6) is 0 Å². The van der Waals surface area contributed by atoms with Gasteiger partial charge in [0.1, 0.15) is 29.1 Å². The van der Waals surface area contributed by atoms with E-state index in [9.17, 15) is 9.59 Å². The number of hydroxylamine groups is 1. The standard InChI is InChI=1S/C26H25N3O3.C5H6N6/c1-2-7-23-27-22-11-6-8-19(15-12-18-13-16-20(17-14-18)25(30)28-32)24(22)26(31)29(23)21-9-4-3-5-10-21;6-1-2-3(7)10-5(9)11-4(2)8/h3-6,8-11,13-14,16-17,32H,2,7,12,15H2,1H3,(H,28,30);(H6,7,8,9,10,11). The molecule has 0 aliphatic heterocycles. The van der Waals surface area contributed by atoms with Crippen LogP contribution in [0.2, 0.25) is 0 Å². The van der Waals surface area contributed by atoms with Crippen molar-refractivity contribution in [2.45, 2.75) is 32.6 Å². The Kier molecular flexibility index (Phi) is 9.62. The van der Waals surface area contributed by atoms with Crippen molar-refractivity contribution in [2.75, 3.05) is 17.2 Å². The summed E-state index contributed by atoms with van der Waals surface area (Å²) in [6.07, 6.45) is 3.00. The van der Waals surface area contributed by atoms with Gasteiger partial charge in [0.15, 0.2) is 0 Å². The zero-order valence-corrected chi connectivity index (χ0v) is 23.5. The molecule has 0 saturated heterocycles. The van der Waals surface area contributed by atoms with Crippen LogP contribution in [0.25, 0.3) is 16.6 Å². The van der Waals surface area contributed by atoms with Gasteiger partial charge in [0.05, 0.1) is 16.6 Å². The third-order valence-electron chi connectivity index (χ3n) is 6.64. The van der Waals surface area contributed by atoms with Crippen molar-refractivity contribution in [3.05, 3.63) is 111 Å². The lowest BCUT2D eigenvalue weighted by Gasteiger charge is -2.15. The molecule has 0 saturated carbocycles. The van der Waals surface area contributed by atoms with Crippen molar-refractivity contribution in [1.29, 1.82) is 5.26 Å². The molecular weight excluding hydrogens is 546 g/mol. The summed E-state index contributed by atoms with van der Waals surface area (Å²) < 4.78 is 1.73. The Bertz CT molecular complexity index is 1830. The van der Waals surface area contributed by atoms with E-state index < -0.39 is 5.91 Å². The van der Waals surface area contributed by atoms with Crippen LogP contribution in [0.4, 0.5) is 17.6 Å². The summed E-state index contributed by atoms with van der Waals surface area (Å²) >= 11 is 0. The third-order valence-corrected chi connectivity index (χ3v) is 6.64. The number of nitriles is 1. The number of nitrogen functional groups attached to an aromatic ring is 3. The number of nitrogens with two attached hydrogens (primary N) is 3. The molecule has 12 nitrogen and oxygen atoms in total. The molecule has 0 spiro atoms. The minimum atomic E-state index is -0.541. The maximum atomic E-state index is 13.7. The zero-order chi connectivity index (χ0) is 30.9. The van der Waals surface area contributed by atoms with Gasteiger partial charge in [0, 0.05) is 12.0 Å². The van der Waals surface area contributed by atoms with Gasteiger partial charge in [-0.1, -0.05) is 49.4 Å². The number of rotatable bonds is 7. The number of carbonyl (C=O) groups is 1. The predicted octanol–water partition coefficient (Wildman–Crippen LogP) is 3.34. The molecule has 0 fully saturated rings. The van der Waals surface area contributed by atoms with Crippen molar-refractivity contribution < 1.29 is 10.0 Å². The molecule has 0 radical (unpaired) electrons. The first-order valence-electron chi connectivity index (χ1n) is 13.5. The molecule has 5 aromatic rings. The molecule has 0 aliphatic carbocycles. The zero-order valence-electron chi connectivity index (χ0n) is 23.5. The van der Waals surface area contributed by atoms with Crippen LogP contribution in [0.15, 0.2) is 77.6 Å². The van der Waals surface area contributed by atoms with E-state index in [0.717, 1.165) is 41.0 Å². The number of aryl methyl sites for hydroxylation is 3. The molecule has 8 N–H and O–H groups in total. The average molecular weight is 578 g/mol. The summed E-state index contributed by atoms with van der Waals surface area (Å²) in [4.78, 5) is 37.1. The largest absolute Gasteiger partial charge is 0.382 e. The van der Waals surface area contributed by atoms with Gasteiger partial charge in [0.25, 0.3) is 11.5 Å². The van der Waals surface area contributed by atoms with E-state index in [1.807, 2.05) is 60.7 Å². The molecule has 218 valence electrons. The number of aromatic nitrogens is 4. The van der Waals surface area contributed by atoms with Gasteiger partial charge in [-0.2, -0.15) is 15.2 Å².